The number of halogens is 2. The topological polar surface area (TPSA) is 50.9 Å². The maximum atomic E-state index is 5.95. The van der Waals surface area contributed by atoms with Crippen LogP contribution in [0.4, 0.5) is 11.5 Å². The van der Waals surface area contributed by atoms with Crippen molar-refractivity contribution in [2.24, 2.45) is 5.73 Å². The van der Waals surface area contributed by atoms with Crippen molar-refractivity contribution in [2.75, 3.05) is 5.32 Å². The van der Waals surface area contributed by atoms with Gasteiger partial charge in [0.2, 0.25) is 0 Å². The lowest BCUT2D eigenvalue weighted by molar-refractivity contribution is 0.820. The van der Waals surface area contributed by atoms with Crippen molar-refractivity contribution >= 4 is 43.4 Å². The van der Waals surface area contributed by atoms with Gasteiger partial charge in [0.15, 0.2) is 0 Å². The molecule has 0 radical (unpaired) electrons. The predicted molar refractivity (Wildman–Crippen MR) is 82.0 cm³/mol. The molecule has 2 aromatic rings. The monoisotopic (exact) mass is 369 g/mol. The number of nitrogens with two attached hydrogens (primary N) is 1. The molecule has 18 heavy (non-hydrogen) atoms. The van der Waals surface area contributed by atoms with Gasteiger partial charge in [0.05, 0.1) is 4.47 Å². The number of para-hydroxylation sites is 1. The zero-order chi connectivity index (χ0) is 13.1. The first kappa shape index (κ1) is 13.5. The summed E-state index contributed by atoms with van der Waals surface area (Å²) in [6.45, 7) is 1.96. The van der Waals surface area contributed by atoms with Crippen LogP contribution < -0.4 is 11.1 Å². The Kier molecular flexibility index (Phi) is 4.37. The first-order chi connectivity index (χ1) is 8.58. The normalized spacial score (nSPS) is 12.2. The largest absolute Gasteiger partial charge is 0.339 e. The Bertz CT molecular complexity index is 556. The number of aromatic nitrogens is 1. The molecule has 0 bridgehead atoms. The standard InChI is InChI=1S/C13H13Br2N3/c1-8(16)10-4-2-3-5-12(10)18-13-11(15)6-9(14)7-17-13/h2-8H,16H2,1H3,(H,17,18). The summed E-state index contributed by atoms with van der Waals surface area (Å²) in [4.78, 5) is 4.33. The van der Waals surface area contributed by atoms with E-state index in [4.69, 9.17) is 5.73 Å². The average molecular weight is 371 g/mol. The maximum absolute atomic E-state index is 5.95. The number of hydrogen-bond donors (Lipinski definition) is 2. The van der Waals surface area contributed by atoms with Gasteiger partial charge in [-0.3, -0.25) is 0 Å². The highest BCUT2D eigenvalue weighted by atomic mass is 79.9. The summed E-state index contributed by atoms with van der Waals surface area (Å²) in [5.74, 6) is 0.770. The minimum atomic E-state index is -0.0251. The molecular formula is C13H13Br2N3. The third kappa shape index (κ3) is 3.10. The second-order valence-electron chi connectivity index (χ2n) is 3.98. The molecule has 1 unspecified atom stereocenters. The zero-order valence-electron chi connectivity index (χ0n) is 9.82. The fourth-order valence-corrected chi connectivity index (χ4v) is 2.73. The van der Waals surface area contributed by atoms with Gasteiger partial charge in [0.25, 0.3) is 0 Å². The van der Waals surface area contributed by atoms with Crippen molar-refractivity contribution in [1.82, 2.24) is 4.98 Å². The van der Waals surface area contributed by atoms with Gasteiger partial charge in [-0.1, -0.05) is 18.2 Å². The van der Waals surface area contributed by atoms with Crippen molar-refractivity contribution in [3.63, 3.8) is 0 Å². The van der Waals surface area contributed by atoms with Crippen LogP contribution in [0.3, 0.4) is 0 Å². The number of anilines is 2. The van der Waals surface area contributed by atoms with E-state index in [1.165, 1.54) is 0 Å². The molecule has 0 aliphatic heterocycles. The molecule has 94 valence electrons. The third-order valence-electron chi connectivity index (χ3n) is 2.51. The molecule has 0 spiro atoms. The summed E-state index contributed by atoms with van der Waals surface area (Å²) in [5, 5.41) is 3.29. The molecule has 0 aliphatic rings. The van der Waals surface area contributed by atoms with E-state index in [0.29, 0.717) is 0 Å². The minimum Gasteiger partial charge on any atom is -0.339 e. The molecule has 0 amide bonds. The summed E-state index contributed by atoms with van der Waals surface area (Å²) in [5.41, 5.74) is 7.99. The number of nitrogens with one attached hydrogen (secondary N) is 1. The van der Waals surface area contributed by atoms with Gasteiger partial charge >= 0.3 is 0 Å². The average Bonchev–Trinajstić information content (AvgIpc) is 2.33. The lowest BCUT2D eigenvalue weighted by Crippen LogP contribution is -2.08. The van der Waals surface area contributed by atoms with Crippen LogP contribution in [0.5, 0.6) is 0 Å². The second-order valence-corrected chi connectivity index (χ2v) is 5.75. The highest BCUT2D eigenvalue weighted by Gasteiger charge is 2.08. The third-order valence-corrected chi connectivity index (χ3v) is 3.55. The van der Waals surface area contributed by atoms with Crippen molar-refractivity contribution in [1.29, 1.82) is 0 Å². The minimum absolute atomic E-state index is 0.0251. The van der Waals surface area contributed by atoms with Gasteiger partial charge < -0.3 is 11.1 Å². The van der Waals surface area contributed by atoms with E-state index in [0.717, 1.165) is 26.0 Å². The fraction of sp³-hybridized carbons (Fsp3) is 0.154. The lowest BCUT2D eigenvalue weighted by Gasteiger charge is -2.14. The summed E-state index contributed by atoms with van der Waals surface area (Å²) < 4.78 is 1.83. The Balaban J connectivity index is 2.34. The van der Waals surface area contributed by atoms with Crippen LogP contribution in [0.25, 0.3) is 0 Å². The van der Waals surface area contributed by atoms with E-state index in [-0.39, 0.29) is 6.04 Å². The summed E-state index contributed by atoms with van der Waals surface area (Å²) in [6.07, 6.45) is 1.75. The molecule has 1 heterocycles. The molecule has 0 saturated heterocycles. The van der Waals surface area contributed by atoms with Gasteiger partial charge in [-0.15, -0.1) is 0 Å². The van der Waals surface area contributed by atoms with E-state index < -0.39 is 0 Å². The van der Waals surface area contributed by atoms with Crippen LogP contribution >= 0.6 is 31.9 Å². The number of hydrogen-bond acceptors (Lipinski definition) is 3. The summed E-state index contributed by atoms with van der Waals surface area (Å²) in [6, 6.07) is 9.88. The zero-order valence-corrected chi connectivity index (χ0v) is 13.0. The Morgan fingerprint density at radius 3 is 2.67 bits per heavy atom. The number of pyridine rings is 1. The molecule has 1 atom stereocenters. The quantitative estimate of drug-likeness (QED) is 0.843. The van der Waals surface area contributed by atoms with Crippen LogP contribution in [-0.4, -0.2) is 4.98 Å². The van der Waals surface area contributed by atoms with E-state index >= 15 is 0 Å². The number of rotatable bonds is 3. The SMILES string of the molecule is CC(N)c1ccccc1Nc1ncc(Br)cc1Br. The van der Waals surface area contributed by atoms with Crippen molar-refractivity contribution in [3.05, 3.63) is 51.0 Å². The highest BCUT2D eigenvalue weighted by molar-refractivity contribution is 9.11. The van der Waals surface area contributed by atoms with Gasteiger partial charge in [0.1, 0.15) is 5.82 Å². The smallest absolute Gasteiger partial charge is 0.144 e. The Morgan fingerprint density at radius 2 is 2.00 bits per heavy atom. The lowest BCUT2D eigenvalue weighted by atomic mass is 10.1. The second kappa shape index (κ2) is 5.82. The first-order valence-electron chi connectivity index (χ1n) is 5.50. The Morgan fingerprint density at radius 1 is 1.28 bits per heavy atom. The first-order valence-corrected chi connectivity index (χ1v) is 7.09. The molecular weight excluding hydrogens is 358 g/mol. The molecule has 0 fully saturated rings. The molecule has 5 heteroatoms. The van der Waals surface area contributed by atoms with Crippen molar-refractivity contribution in [3.8, 4) is 0 Å². The van der Waals surface area contributed by atoms with Gasteiger partial charge in [-0.2, -0.15) is 0 Å². The van der Waals surface area contributed by atoms with Crippen molar-refractivity contribution in [2.45, 2.75) is 13.0 Å². The summed E-state index contributed by atoms with van der Waals surface area (Å²) in [7, 11) is 0. The van der Waals surface area contributed by atoms with Crippen LogP contribution in [0.15, 0.2) is 45.5 Å². The molecule has 2 rings (SSSR count). The molecule has 3 N–H and O–H groups in total. The fourth-order valence-electron chi connectivity index (χ4n) is 1.64. The summed E-state index contributed by atoms with van der Waals surface area (Å²) >= 11 is 6.86. The molecule has 1 aromatic heterocycles. The van der Waals surface area contributed by atoms with Crippen LogP contribution in [0, 0.1) is 0 Å². The highest BCUT2D eigenvalue weighted by Crippen LogP contribution is 2.29. The van der Waals surface area contributed by atoms with Crippen LogP contribution in [-0.2, 0) is 0 Å². The number of nitrogens with zero attached hydrogens (tertiary/aromatic N) is 1. The van der Waals surface area contributed by atoms with Gasteiger partial charge in [-0.25, -0.2) is 4.98 Å². The maximum Gasteiger partial charge on any atom is 0.144 e. The number of benzene rings is 1. The Labute approximate surface area is 123 Å². The Hall–Kier alpha value is -0.910. The molecule has 0 aliphatic carbocycles. The van der Waals surface area contributed by atoms with E-state index in [1.54, 1.807) is 6.20 Å². The van der Waals surface area contributed by atoms with Gasteiger partial charge in [-0.05, 0) is 56.5 Å². The molecule has 3 nitrogen and oxygen atoms in total. The van der Waals surface area contributed by atoms with Crippen molar-refractivity contribution < 1.29 is 0 Å². The molecule has 0 saturated carbocycles. The van der Waals surface area contributed by atoms with E-state index in [9.17, 15) is 0 Å². The van der Waals surface area contributed by atoms with E-state index in [1.807, 2.05) is 37.3 Å². The van der Waals surface area contributed by atoms with Crippen LogP contribution in [0.2, 0.25) is 0 Å². The van der Waals surface area contributed by atoms with Crippen LogP contribution in [0.1, 0.15) is 18.5 Å². The predicted octanol–water partition coefficient (Wildman–Crippen LogP) is 4.37. The van der Waals surface area contributed by atoms with E-state index in [2.05, 4.69) is 42.2 Å². The van der Waals surface area contributed by atoms with Gasteiger partial charge in [0, 0.05) is 22.4 Å². The molecule has 1 aromatic carbocycles.